The summed E-state index contributed by atoms with van der Waals surface area (Å²) in [5, 5.41) is 0. The second-order valence-corrected chi connectivity index (χ2v) is 5.74. The van der Waals surface area contributed by atoms with Gasteiger partial charge in [-0.15, -0.1) is 0 Å². The highest BCUT2D eigenvalue weighted by atomic mass is 32.2. The molecule has 0 aliphatic rings. The molecule has 4 heteroatoms. The summed E-state index contributed by atoms with van der Waals surface area (Å²) in [5.74, 6) is 0. The van der Waals surface area contributed by atoms with Crippen molar-refractivity contribution in [1.29, 1.82) is 0 Å². The largest absolute Gasteiger partial charge is 0.290 e. The van der Waals surface area contributed by atoms with E-state index in [1.54, 1.807) is 0 Å². The van der Waals surface area contributed by atoms with E-state index in [0.717, 1.165) is 16.7 Å². The van der Waals surface area contributed by atoms with Crippen LogP contribution in [0.15, 0.2) is 66.1 Å². The second kappa shape index (κ2) is 5.38. The lowest BCUT2D eigenvalue weighted by Gasteiger charge is -2.10. The fourth-order valence-corrected chi connectivity index (χ4v) is 2.22. The van der Waals surface area contributed by atoms with Crippen LogP contribution in [0.3, 0.4) is 0 Å². The van der Waals surface area contributed by atoms with Crippen molar-refractivity contribution in [2.45, 2.75) is 6.42 Å². The molecule has 2 aromatic rings. The molecule has 0 fully saturated rings. The Hall–Kier alpha value is -1.91. The van der Waals surface area contributed by atoms with E-state index in [4.69, 9.17) is 4.55 Å². The van der Waals surface area contributed by atoms with Gasteiger partial charge in [-0.25, -0.2) is 0 Å². The predicted octanol–water partition coefficient (Wildman–Crippen LogP) is 3.30. The van der Waals surface area contributed by atoms with Crippen molar-refractivity contribution >= 4 is 10.1 Å². The Balaban J connectivity index is 2.41. The van der Waals surface area contributed by atoms with Gasteiger partial charge in [0.2, 0.25) is 0 Å². The van der Waals surface area contributed by atoms with E-state index in [1.165, 1.54) is 0 Å². The van der Waals surface area contributed by atoms with Crippen LogP contribution in [0.4, 0.5) is 0 Å². The Kier molecular flexibility index (Phi) is 3.83. The molecule has 2 rings (SSSR count). The molecule has 0 radical (unpaired) electrons. The van der Waals surface area contributed by atoms with Gasteiger partial charge < -0.3 is 0 Å². The maximum absolute atomic E-state index is 11.0. The van der Waals surface area contributed by atoms with Gasteiger partial charge in [-0.05, 0) is 16.7 Å². The van der Waals surface area contributed by atoms with Gasteiger partial charge in [0, 0.05) is 6.42 Å². The highest BCUT2D eigenvalue weighted by Gasteiger charge is 2.13. The molecule has 0 aromatic heterocycles. The van der Waals surface area contributed by atoms with Crippen LogP contribution in [0, 0.1) is 0 Å². The minimum atomic E-state index is -4.19. The minimum absolute atomic E-state index is 0.101. The average Bonchev–Trinajstić information content (AvgIpc) is 2.39. The number of rotatable bonds is 4. The molecule has 0 aliphatic carbocycles. The zero-order valence-electron chi connectivity index (χ0n) is 10.3. The SMILES string of the molecule is C=C(Cc1ccccc1-c1ccccc1)S(=O)(=O)O. The maximum atomic E-state index is 11.0. The Morgan fingerprint density at radius 1 is 1.00 bits per heavy atom. The number of hydrogen-bond acceptors (Lipinski definition) is 2. The van der Waals surface area contributed by atoms with Crippen LogP contribution in [0.5, 0.6) is 0 Å². The monoisotopic (exact) mass is 274 g/mol. The first-order valence-electron chi connectivity index (χ1n) is 5.77. The van der Waals surface area contributed by atoms with Crippen molar-refractivity contribution < 1.29 is 13.0 Å². The molecule has 0 heterocycles. The van der Waals surface area contributed by atoms with Gasteiger partial charge in [-0.1, -0.05) is 61.2 Å². The van der Waals surface area contributed by atoms with Gasteiger partial charge in [-0.2, -0.15) is 8.42 Å². The Morgan fingerprint density at radius 2 is 1.58 bits per heavy atom. The average molecular weight is 274 g/mol. The summed E-state index contributed by atoms with van der Waals surface area (Å²) in [6, 6.07) is 17.1. The molecule has 0 atom stereocenters. The van der Waals surface area contributed by atoms with E-state index >= 15 is 0 Å². The molecular formula is C15H14O3S. The molecule has 0 amide bonds. The molecular weight excluding hydrogens is 260 g/mol. The zero-order chi connectivity index (χ0) is 13.9. The van der Waals surface area contributed by atoms with Gasteiger partial charge in [0.15, 0.2) is 0 Å². The topological polar surface area (TPSA) is 54.4 Å². The second-order valence-electron chi connectivity index (χ2n) is 4.21. The van der Waals surface area contributed by atoms with Crippen molar-refractivity contribution in [2.75, 3.05) is 0 Å². The van der Waals surface area contributed by atoms with Gasteiger partial charge >= 0.3 is 0 Å². The summed E-state index contributed by atoms with van der Waals surface area (Å²) in [6.45, 7) is 3.42. The molecule has 0 unspecified atom stereocenters. The molecule has 1 N–H and O–H groups in total. The lowest BCUT2D eigenvalue weighted by atomic mass is 9.98. The summed E-state index contributed by atoms with van der Waals surface area (Å²) in [6.07, 6.45) is 0.101. The Morgan fingerprint density at radius 3 is 2.21 bits per heavy atom. The van der Waals surface area contributed by atoms with E-state index in [2.05, 4.69) is 6.58 Å². The summed E-state index contributed by atoms with van der Waals surface area (Å²) in [5.41, 5.74) is 2.76. The molecule has 0 saturated heterocycles. The van der Waals surface area contributed by atoms with Gasteiger partial charge in [0.05, 0.1) is 4.91 Å². The van der Waals surface area contributed by atoms with Crippen LogP contribution in [-0.2, 0) is 16.5 Å². The summed E-state index contributed by atoms with van der Waals surface area (Å²) < 4.78 is 31.1. The lowest BCUT2D eigenvalue weighted by Crippen LogP contribution is -2.04. The third kappa shape index (κ3) is 3.30. The Labute approximate surface area is 113 Å². The third-order valence-electron chi connectivity index (χ3n) is 2.85. The molecule has 0 spiro atoms. The van der Waals surface area contributed by atoms with Gasteiger partial charge in [0.25, 0.3) is 10.1 Å². The molecule has 2 aromatic carbocycles. The van der Waals surface area contributed by atoms with Crippen LogP contribution in [0.1, 0.15) is 5.56 Å². The zero-order valence-corrected chi connectivity index (χ0v) is 11.1. The van der Waals surface area contributed by atoms with E-state index in [9.17, 15) is 8.42 Å². The van der Waals surface area contributed by atoms with Crippen molar-refractivity contribution in [2.24, 2.45) is 0 Å². The third-order valence-corrected chi connectivity index (χ3v) is 3.73. The molecule has 0 aliphatic heterocycles. The van der Waals surface area contributed by atoms with Gasteiger partial charge in [-0.3, -0.25) is 4.55 Å². The Bertz CT molecular complexity index is 688. The lowest BCUT2D eigenvalue weighted by molar-refractivity contribution is 0.490. The molecule has 19 heavy (non-hydrogen) atoms. The first-order chi connectivity index (χ1) is 8.98. The van der Waals surface area contributed by atoms with Crippen molar-refractivity contribution in [3.05, 3.63) is 71.6 Å². The molecule has 98 valence electrons. The highest BCUT2D eigenvalue weighted by molar-refractivity contribution is 7.89. The van der Waals surface area contributed by atoms with Crippen LogP contribution in [0.25, 0.3) is 11.1 Å². The van der Waals surface area contributed by atoms with Crippen LogP contribution >= 0.6 is 0 Å². The fourth-order valence-electron chi connectivity index (χ4n) is 1.88. The number of allylic oxidation sites excluding steroid dienone is 1. The predicted molar refractivity (Wildman–Crippen MR) is 76.3 cm³/mol. The van der Waals surface area contributed by atoms with Gasteiger partial charge in [0.1, 0.15) is 0 Å². The first kappa shape index (κ1) is 13.5. The molecule has 3 nitrogen and oxygen atoms in total. The fraction of sp³-hybridized carbons (Fsp3) is 0.0667. The van der Waals surface area contributed by atoms with E-state index < -0.39 is 10.1 Å². The number of benzene rings is 2. The smallest absolute Gasteiger partial charge is 0.282 e. The first-order valence-corrected chi connectivity index (χ1v) is 7.21. The van der Waals surface area contributed by atoms with E-state index in [0.29, 0.717) is 0 Å². The van der Waals surface area contributed by atoms with Crippen molar-refractivity contribution in [3.8, 4) is 11.1 Å². The van der Waals surface area contributed by atoms with Crippen LogP contribution in [0.2, 0.25) is 0 Å². The molecule has 0 saturated carbocycles. The van der Waals surface area contributed by atoms with Crippen LogP contribution in [-0.4, -0.2) is 13.0 Å². The van der Waals surface area contributed by atoms with Crippen molar-refractivity contribution in [1.82, 2.24) is 0 Å². The van der Waals surface area contributed by atoms with Crippen molar-refractivity contribution in [3.63, 3.8) is 0 Å². The summed E-state index contributed by atoms with van der Waals surface area (Å²) in [7, 11) is -4.19. The number of hydrogen-bond donors (Lipinski definition) is 1. The van der Waals surface area contributed by atoms with E-state index in [1.807, 2.05) is 54.6 Å². The minimum Gasteiger partial charge on any atom is -0.282 e. The standard InChI is InChI=1S/C15H14O3S/c1-12(19(16,17)18)11-14-9-5-6-10-15(14)13-7-3-2-4-8-13/h2-10H,1,11H2,(H,16,17,18). The maximum Gasteiger partial charge on any atom is 0.290 e. The molecule has 0 bridgehead atoms. The highest BCUT2D eigenvalue weighted by Crippen LogP contribution is 2.25. The quantitative estimate of drug-likeness (QED) is 0.870. The summed E-state index contributed by atoms with van der Waals surface area (Å²) >= 11 is 0. The summed E-state index contributed by atoms with van der Waals surface area (Å²) in [4.78, 5) is -0.198. The normalized spacial score (nSPS) is 11.2. The van der Waals surface area contributed by atoms with E-state index in [-0.39, 0.29) is 11.3 Å². The van der Waals surface area contributed by atoms with Crippen LogP contribution < -0.4 is 0 Å².